The van der Waals surface area contributed by atoms with Crippen molar-refractivity contribution in [2.45, 2.75) is 51.6 Å². The molecule has 0 radical (unpaired) electrons. The normalized spacial score (nSPS) is 36.0. The molecule has 4 unspecified atom stereocenters. The van der Waals surface area contributed by atoms with Crippen LogP contribution in [-0.4, -0.2) is 12.1 Å². The lowest BCUT2D eigenvalue weighted by Gasteiger charge is -2.33. The second kappa shape index (κ2) is 4.24. The molecule has 0 saturated heterocycles. The first-order chi connectivity index (χ1) is 5.61. The van der Waals surface area contributed by atoms with Crippen molar-refractivity contribution in [3.8, 4) is 0 Å². The Morgan fingerprint density at radius 2 is 1.42 bits per heavy atom. The third-order valence-corrected chi connectivity index (χ3v) is 3.24. The van der Waals surface area contributed by atoms with E-state index in [1.54, 1.807) is 0 Å². The molecule has 0 aromatic rings. The molecule has 1 rings (SSSR count). The summed E-state index contributed by atoms with van der Waals surface area (Å²) in [5.74, 6) is 1.43. The van der Waals surface area contributed by atoms with Gasteiger partial charge < -0.3 is 11.5 Å². The van der Waals surface area contributed by atoms with Gasteiger partial charge in [0.1, 0.15) is 0 Å². The Hall–Kier alpha value is -0.0800. The molecule has 1 aliphatic carbocycles. The molecule has 0 heterocycles. The van der Waals surface area contributed by atoms with Crippen molar-refractivity contribution < 1.29 is 0 Å². The zero-order chi connectivity index (χ0) is 9.14. The quantitative estimate of drug-likeness (QED) is 0.659. The fraction of sp³-hybridized carbons (Fsp3) is 1.00. The molecule has 2 nitrogen and oxygen atoms in total. The predicted molar refractivity (Wildman–Crippen MR) is 52.7 cm³/mol. The van der Waals surface area contributed by atoms with Crippen molar-refractivity contribution in [1.29, 1.82) is 0 Å². The van der Waals surface area contributed by atoms with Crippen LogP contribution in [0.15, 0.2) is 0 Å². The molecule has 1 aliphatic rings. The molecule has 0 aromatic heterocycles. The minimum absolute atomic E-state index is 0.353. The number of hydrogen-bond acceptors (Lipinski definition) is 2. The molecule has 2 heteroatoms. The van der Waals surface area contributed by atoms with Crippen LogP contribution in [0, 0.1) is 11.8 Å². The molecule has 0 aliphatic heterocycles. The highest BCUT2D eigenvalue weighted by atomic mass is 14.7. The van der Waals surface area contributed by atoms with Crippen LogP contribution in [0.3, 0.4) is 0 Å². The van der Waals surface area contributed by atoms with Gasteiger partial charge in [-0.2, -0.15) is 0 Å². The van der Waals surface area contributed by atoms with Crippen molar-refractivity contribution >= 4 is 0 Å². The van der Waals surface area contributed by atoms with Gasteiger partial charge in [0, 0.05) is 12.1 Å². The summed E-state index contributed by atoms with van der Waals surface area (Å²) in [5, 5.41) is 0. The van der Waals surface area contributed by atoms with Crippen molar-refractivity contribution in [3.63, 3.8) is 0 Å². The Balaban J connectivity index is 2.40. The molecule has 0 amide bonds. The van der Waals surface area contributed by atoms with E-state index >= 15 is 0 Å². The van der Waals surface area contributed by atoms with Crippen LogP contribution in [0.4, 0.5) is 0 Å². The van der Waals surface area contributed by atoms with Crippen LogP contribution >= 0.6 is 0 Å². The van der Waals surface area contributed by atoms with E-state index in [0.29, 0.717) is 12.1 Å². The van der Waals surface area contributed by atoms with E-state index in [1.807, 2.05) is 0 Å². The highest BCUT2D eigenvalue weighted by Gasteiger charge is 2.26. The zero-order valence-electron chi connectivity index (χ0n) is 8.29. The second-order valence-corrected chi connectivity index (χ2v) is 4.40. The van der Waals surface area contributed by atoms with E-state index in [-0.39, 0.29) is 0 Å². The summed E-state index contributed by atoms with van der Waals surface area (Å²) in [7, 11) is 0. The summed E-state index contributed by atoms with van der Waals surface area (Å²) in [5.41, 5.74) is 11.8. The second-order valence-electron chi connectivity index (χ2n) is 4.40. The predicted octanol–water partition coefficient (Wildman–Crippen LogP) is 1.49. The molecule has 4 N–H and O–H groups in total. The average Bonchev–Trinajstić information content (AvgIpc) is 2.04. The Morgan fingerprint density at radius 1 is 1.00 bits per heavy atom. The number of hydrogen-bond donors (Lipinski definition) is 2. The Kier molecular flexibility index (Phi) is 3.53. The van der Waals surface area contributed by atoms with Gasteiger partial charge in [0.25, 0.3) is 0 Å². The Bertz CT molecular complexity index is 118. The summed E-state index contributed by atoms with van der Waals surface area (Å²) in [6.45, 7) is 4.24. The van der Waals surface area contributed by atoms with Crippen LogP contribution in [-0.2, 0) is 0 Å². The molecular formula is C10H22N2. The summed E-state index contributed by atoms with van der Waals surface area (Å²) in [4.78, 5) is 0. The monoisotopic (exact) mass is 170 g/mol. The van der Waals surface area contributed by atoms with Crippen molar-refractivity contribution in [1.82, 2.24) is 0 Å². The average molecular weight is 170 g/mol. The van der Waals surface area contributed by atoms with E-state index in [1.165, 1.54) is 25.7 Å². The summed E-state index contributed by atoms with van der Waals surface area (Å²) >= 11 is 0. The molecular weight excluding hydrogens is 148 g/mol. The highest BCUT2D eigenvalue weighted by Crippen LogP contribution is 2.31. The van der Waals surface area contributed by atoms with Crippen molar-refractivity contribution in [2.75, 3.05) is 0 Å². The lowest BCUT2D eigenvalue weighted by Crippen LogP contribution is -2.36. The van der Waals surface area contributed by atoms with Gasteiger partial charge in [-0.3, -0.25) is 0 Å². The maximum atomic E-state index is 5.89. The fourth-order valence-electron chi connectivity index (χ4n) is 2.22. The van der Waals surface area contributed by atoms with Gasteiger partial charge in [0.05, 0.1) is 0 Å². The fourth-order valence-corrected chi connectivity index (χ4v) is 2.22. The van der Waals surface area contributed by atoms with Crippen molar-refractivity contribution in [2.24, 2.45) is 23.3 Å². The highest BCUT2D eigenvalue weighted by molar-refractivity contribution is 4.81. The van der Waals surface area contributed by atoms with Crippen LogP contribution < -0.4 is 11.5 Å². The lowest BCUT2D eigenvalue weighted by molar-refractivity contribution is 0.219. The van der Waals surface area contributed by atoms with Gasteiger partial charge in [0.15, 0.2) is 0 Å². The standard InChI is InChI=1S/C10H22N2/c1-7(11)9-4-3-5-10(6-9)8(2)12/h7-10H,3-6,11-12H2,1-2H3. The van der Waals surface area contributed by atoms with Gasteiger partial charge in [0.2, 0.25) is 0 Å². The first kappa shape index (κ1) is 10.0. The number of rotatable bonds is 2. The molecule has 0 bridgehead atoms. The maximum Gasteiger partial charge on any atom is 0.00388 e. The molecule has 0 spiro atoms. The van der Waals surface area contributed by atoms with Gasteiger partial charge in [-0.25, -0.2) is 0 Å². The van der Waals surface area contributed by atoms with E-state index in [0.717, 1.165) is 11.8 Å². The van der Waals surface area contributed by atoms with E-state index < -0.39 is 0 Å². The minimum Gasteiger partial charge on any atom is -0.328 e. The van der Waals surface area contributed by atoms with Crippen LogP contribution in [0.25, 0.3) is 0 Å². The molecule has 1 saturated carbocycles. The van der Waals surface area contributed by atoms with E-state index in [2.05, 4.69) is 13.8 Å². The van der Waals surface area contributed by atoms with Gasteiger partial charge in [-0.15, -0.1) is 0 Å². The lowest BCUT2D eigenvalue weighted by atomic mass is 9.76. The SMILES string of the molecule is CC(N)C1CCCC(C(C)N)C1. The molecule has 72 valence electrons. The van der Waals surface area contributed by atoms with Gasteiger partial charge in [-0.1, -0.05) is 6.42 Å². The largest absolute Gasteiger partial charge is 0.328 e. The third kappa shape index (κ3) is 2.46. The van der Waals surface area contributed by atoms with E-state index in [4.69, 9.17) is 11.5 Å². The Labute approximate surface area is 75.7 Å². The molecule has 1 fully saturated rings. The van der Waals surface area contributed by atoms with Crippen LogP contribution in [0.1, 0.15) is 39.5 Å². The van der Waals surface area contributed by atoms with Crippen LogP contribution in [0.2, 0.25) is 0 Å². The first-order valence-electron chi connectivity index (χ1n) is 5.12. The summed E-state index contributed by atoms with van der Waals surface area (Å²) in [6, 6.07) is 0.707. The molecule has 12 heavy (non-hydrogen) atoms. The van der Waals surface area contributed by atoms with Gasteiger partial charge in [-0.05, 0) is 44.9 Å². The van der Waals surface area contributed by atoms with E-state index in [9.17, 15) is 0 Å². The maximum absolute atomic E-state index is 5.89. The zero-order valence-corrected chi connectivity index (χ0v) is 8.29. The molecule has 0 aromatic carbocycles. The van der Waals surface area contributed by atoms with Crippen LogP contribution in [0.5, 0.6) is 0 Å². The first-order valence-corrected chi connectivity index (χ1v) is 5.12. The third-order valence-electron chi connectivity index (χ3n) is 3.24. The summed E-state index contributed by atoms with van der Waals surface area (Å²) in [6.07, 6.45) is 5.18. The number of nitrogens with two attached hydrogens (primary N) is 2. The van der Waals surface area contributed by atoms with Gasteiger partial charge >= 0.3 is 0 Å². The molecule has 4 atom stereocenters. The van der Waals surface area contributed by atoms with Crippen molar-refractivity contribution in [3.05, 3.63) is 0 Å². The smallest absolute Gasteiger partial charge is 0.00388 e. The minimum atomic E-state index is 0.353. The Morgan fingerprint density at radius 3 is 1.75 bits per heavy atom. The summed E-state index contributed by atoms with van der Waals surface area (Å²) < 4.78 is 0. The topological polar surface area (TPSA) is 52.0 Å².